The first-order chi connectivity index (χ1) is 5.79. The lowest BCUT2D eigenvalue weighted by atomic mass is 10.6. The van der Waals surface area contributed by atoms with E-state index < -0.39 is 0 Å². The molecule has 0 atom stereocenters. The monoisotopic (exact) mass is 198 g/mol. The van der Waals surface area contributed by atoms with Gasteiger partial charge < -0.3 is 5.73 Å². The van der Waals surface area contributed by atoms with Crippen LogP contribution in [0.4, 0.5) is 10.1 Å². The van der Waals surface area contributed by atoms with Gasteiger partial charge in [0.15, 0.2) is 5.13 Å². The maximum atomic E-state index is 5.52. The van der Waals surface area contributed by atoms with Crippen molar-refractivity contribution in [3.63, 3.8) is 0 Å². The van der Waals surface area contributed by atoms with Crippen molar-refractivity contribution in [2.45, 2.75) is 0 Å². The second-order valence-corrected chi connectivity index (χ2v) is 4.18. The van der Waals surface area contributed by atoms with Gasteiger partial charge in [0, 0.05) is 7.05 Å². The summed E-state index contributed by atoms with van der Waals surface area (Å²) in [5, 5.41) is 9.09. The Morgan fingerprint density at radius 3 is 3.00 bits per heavy atom. The Bertz CT molecular complexity index is 396. The molecule has 4 nitrogen and oxygen atoms in total. The van der Waals surface area contributed by atoms with Crippen LogP contribution < -0.4 is 5.73 Å². The Kier molecular flexibility index (Phi) is 1.78. The summed E-state index contributed by atoms with van der Waals surface area (Å²) in [4.78, 5) is 5.07. The Balaban J connectivity index is 2.57. The van der Waals surface area contributed by atoms with E-state index >= 15 is 0 Å². The highest BCUT2D eigenvalue weighted by Gasteiger charge is 2.05. The summed E-state index contributed by atoms with van der Waals surface area (Å²) in [7, 11) is 1.65. The molecule has 12 heavy (non-hydrogen) atoms. The minimum Gasteiger partial charge on any atom is -0.375 e. The van der Waals surface area contributed by atoms with Gasteiger partial charge in [-0.2, -0.15) is 5.11 Å². The number of hydrogen-bond donors (Lipinski definition) is 1. The number of hydrogen-bond acceptors (Lipinski definition) is 6. The van der Waals surface area contributed by atoms with Crippen LogP contribution in [0, 0.1) is 0 Å². The number of nitrogens with zero attached hydrogens (tertiary/aromatic N) is 3. The minimum atomic E-state index is 0.608. The van der Waals surface area contributed by atoms with Crippen LogP contribution in [0.25, 0.3) is 9.53 Å². The zero-order valence-electron chi connectivity index (χ0n) is 6.31. The zero-order valence-corrected chi connectivity index (χ0v) is 7.95. The largest absolute Gasteiger partial charge is 0.375 e. The van der Waals surface area contributed by atoms with Crippen LogP contribution in [-0.2, 0) is 0 Å². The van der Waals surface area contributed by atoms with Crippen molar-refractivity contribution in [2.24, 2.45) is 10.2 Å². The molecule has 0 aliphatic carbocycles. The predicted molar refractivity (Wildman–Crippen MR) is 52.3 cm³/mol. The van der Waals surface area contributed by atoms with E-state index in [2.05, 4.69) is 15.2 Å². The number of nitrogen functional groups attached to an aromatic ring is 1. The van der Waals surface area contributed by atoms with Crippen LogP contribution in [-0.4, -0.2) is 12.0 Å². The van der Waals surface area contributed by atoms with Crippen molar-refractivity contribution in [1.82, 2.24) is 4.98 Å². The summed E-state index contributed by atoms with van der Waals surface area (Å²) in [6, 6.07) is 1.95. The van der Waals surface area contributed by atoms with Crippen molar-refractivity contribution >= 4 is 42.3 Å². The number of rotatable bonds is 1. The van der Waals surface area contributed by atoms with Crippen LogP contribution in [0.15, 0.2) is 16.3 Å². The third-order valence-electron chi connectivity index (χ3n) is 1.29. The van der Waals surface area contributed by atoms with E-state index in [-0.39, 0.29) is 0 Å². The van der Waals surface area contributed by atoms with Gasteiger partial charge in [0.2, 0.25) is 0 Å². The summed E-state index contributed by atoms with van der Waals surface area (Å²) in [6.45, 7) is 0. The molecule has 0 saturated heterocycles. The molecule has 0 saturated carbocycles. The number of aromatic nitrogens is 1. The van der Waals surface area contributed by atoms with E-state index in [1.54, 1.807) is 7.05 Å². The van der Waals surface area contributed by atoms with Gasteiger partial charge in [0.05, 0.1) is 4.70 Å². The van der Waals surface area contributed by atoms with Crippen molar-refractivity contribution < 1.29 is 0 Å². The Hall–Kier alpha value is -1.01. The van der Waals surface area contributed by atoms with E-state index in [1.807, 2.05) is 6.07 Å². The summed E-state index contributed by atoms with van der Waals surface area (Å²) in [5.41, 5.74) is 5.52. The lowest BCUT2D eigenvalue weighted by molar-refractivity contribution is 1.19. The molecule has 0 amide bonds. The molecule has 0 radical (unpaired) electrons. The molecule has 0 fully saturated rings. The Labute approximate surface area is 76.8 Å². The van der Waals surface area contributed by atoms with Gasteiger partial charge >= 0.3 is 0 Å². The van der Waals surface area contributed by atoms with E-state index in [9.17, 15) is 0 Å². The molecule has 0 spiro atoms. The van der Waals surface area contributed by atoms with Gasteiger partial charge in [0.1, 0.15) is 9.83 Å². The van der Waals surface area contributed by atoms with Crippen LogP contribution in [0.3, 0.4) is 0 Å². The molecule has 0 unspecified atom stereocenters. The number of thiazole rings is 1. The van der Waals surface area contributed by atoms with Crippen molar-refractivity contribution in [1.29, 1.82) is 0 Å². The fourth-order valence-corrected chi connectivity index (χ4v) is 2.74. The SMILES string of the molecule is CN=Nc1cc2sc(N)nc2s1. The maximum absolute atomic E-state index is 5.52. The van der Waals surface area contributed by atoms with Gasteiger partial charge in [-0.05, 0) is 6.07 Å². The summed E-state index contributed by atoms with van der Waals surface area (Å²) >= 11 is 2.98. The summed E-state index contributed by atoms with van der Waals surface area (Å²) in [5.74, 6) is 0. The fraction of sp³-hybridized carbons (Fsp3) is 0.167. The topological polar surface area (TPSA) is 63.6 Å². The number of fused-ring (bicyclic) bond motifs is 1. The van der Waals surface area contributed by atoms with Crippen LogP contribution in [0.5, 0.6) is 0 Å². The molecular formula is C6H6N4S2. The van der Waals surface area contributed by atoms with Gasteiger partial charge in [-0.1, -0.05) is 22.7 Å². The molecule has 2 heterocycles. The second-order valence-electron chi connectivity index (χ2n) is 2.11. The maximum Gasteiger partial charge on any atom is 0.181 e. The molecule has 2 N–H and O–H groups in total. The molecule has 2 aromatic rings. The molecular weight excluding hydrogens is 192 g/mol. The van der Waals surface area contributed by atoms with Gasteiger partial charge in [0.25, 0.3) is 0 Å². The normalized spacial score (nSPS) is 11.8. The van der Waals surface area contributed by atoms with E-state index in [4.69, 9.17) is 5.73 Å². The van der Waals surface area contributed by atoms with Gasteiger partial charge in [-0.25, -0.2) is 4.98 Å². The van der Waals surface area contributed by atoms with E-state index in [1.165, 1.54) is 22.7 Å². The van der Waals surface area contributed by atoms with Gasteiger partial charge in [-0.3, -0.25) is 0 Å². The van der Waals surface area contributed by atoms with Crippen molar-refractivity contribution in [2.75, 3.05) is 12.8 Å². The quantitative estimate of drug-likeness (QED) is 0.716. The Morgan fingerprint density at radius 1 is 1.50 bits per heavy atom. The van der Waals surface area contributed by atoms with E-state index in [0.29, 0.717) is 5.13 Å². The first kappa shape index (κ1) is 7.63. The highest BCUT2D eigenvalue weighted by atomic mass is 32.1. The molecule has 0 bridgehead atoms. The van der Waals surface area contributed by atoms with Gasteiger partial charge in [-0.15, -0.1) is 5.11 Å². The lowest BCUT2D eigenvalue weighted by Crippen LogP contribution is -1.78. The third-order valence-corrected chi connectivity index (χ3v) is 3.17. The highest BCUT2D eigenvalue weighted by Crippen LogP contribution is 2.35. The molecule has 62 valence electrons. The first-order valence-electron chi connectivity index (χ1n) is 3.25. The molecule has 6 heteroatoms. The summed E-state index contributed by atoms with van der Waals surface area (Å²) < 4.78 is 1.08. The number of anilines is 1. The standard InChI is InChI=1S/C6H6N4S2/c1-8-10-4-2-3-5(12-4)9-6(7)11-3/h2H,1H3,(H2,7,9). The summed E-state index contributed by atoms with van der Waals surface area (Å²) in [6.07, 6.45) is 0. The number of azo groups is 1. The smallest absolute Gasteiger partial charge is 0.181 e. The van der Waals surface area contributed by atoms with Crippen LogP contribution >= 0.6 is 22.7 Å². The minimum absolute atomic E-state index is 0.608. The third kappa shape index (κ3) is 1.19. The molecule has 0 aliphatic heterocycles. The molecule has 2 aromatic heterocycles. The Morgan fingerprint density at radius 2 is 2.33 bits per heavy atom. The second kappa shape index (κ2) is 2.80. The molecule has 0 aromatic carbocycles. The van der Waals surface area contributed by atoms with Crippen LogP contribution in [0.2, 0.25) is 0 Å². The zero-order chi connectivity index (χ0) is 8.55. The highest BCUT2D eigenvalue weighted by molar-refractivity contribution is 7.30. The molecule has 2 rings (SSSR count). The van der Waals surface area contributed by atoms with E-state index in [0.717, 1.165) is 14.5 Å². The van der Waals surface area contributed by atoms with Crippen molar-refractivity contribution in [3.05, 3.63) is 6.07 Å². The van der Waals surface area contributed by atoms with Crippen LogP contribution in [0.1, 0.15) is 0 Å². The fourth-order valence-electron chi connectivity index (χ4n) is 0.887. The number of thiophene rings is 1. The number of nitrogens with two attached hydrogens (primary N) is 1. The lowest BCUT2D eigenvalue weighted by Gasteiger charge is -1.77. The van der Waals surface area contributed by atoms with Crippen molar-refractivity contribution in [3.8, 4) is 0 Å². The first-order valence-corrected chi connectivity index (χ1v) is 4.88. The average molecular weight is 198 g/mol. The average Bonchev–Trinajstić information content (AvgIpc) is 2.44. The molecule has 0 aliphatic rings. The predicted octanol–water partition coefficient (Wildman–Crippen LogP) is 2.65.